The van der Waals surface area contributed by atoms with Crippen molar-refractivity contribution in [3.05, 3.63) is 29.8 Å². The smallest absolute Gasteiger partial charge is 0.347 e. The first-order chi connectivity index (χ1) is 11.1. The normalized spacial score (nSPS) is 12.2. The van der Waals surface area contributed by atoms with Gasteiger partial charge in [-0.05, 0) is 19.4 Å². The first-order valence-corrected chi connectivity index (χ1v) is 9.14. The molecule has 0 aromatic heterocycles. The minimum absolute atomic E-state index is 0.367. The molecular weight excluding hydrogens is 335 g/mol. The van der Waals surface area contributed by atoms with Gasteiger partial charge in [-0.2, -0.15) is 0 Å². The Labute approximate surface area is 149 Å². The molecule has 0 amide bonds. The van der Waals surface area contributed by atoms with Crippen LogP contribution in [0.1, 0.15) is 62.8 Å². The maximum Gasteiger partial charge on any atom is 0.347 e. The average Bonchev–Trinajstić information content (AvgIpc) is 2.54. The maximum atomic E-state index is 12.0. The number of rotatable bonds is 11. The molecule has 0 fully saturated rings. The largest absolute Gasteiger partial charge is 0.479 e. The van der Waals surface area contributed by atoms with Crippen molar-refractivity contribution in [3.8, 4) is 5.75 Å². The van der Waals surface area contributed by atoms with E-state index in [-0.39, 0.29) is 5.97 Å². The zero-order chi connectivity index (χ0) is 17.1. The van der Waals surface area contributed by atoms with Gasteiger partial charge in [0.05, 0.1) is 6.61 Å². The monoisotopic (exact) mass is 360 g/mol. The lowest BCUT2D eigenvalue weighted by Crippen LogP contribution is -2.26. The van der Waals surface area contributed by atoms with Gasteiger partial charge < -0.3 is 9.47 Å². The Kier molecular flexibility index (Phi) is 10.1. The van der Waals surface area contributed by atoms with Crippen LogP contribution in [-0.2, 0) is 9.53 Å². The van der Waals surface area contributed by atoms with Crippen LogP contribution in [-0.4, -0.2) is 18.7 Å². The van der Waals surface area contributed by atoms with Crippen LogP contribution < -0.4 is 4.74 Å². The molecule has 1 aromatic rings. The fourth-order valence-corrected chi connectivity index (χ4v) is 2.54. The number of hydrogen-bond acceptors (Lipinski definition) is 3. The van der Waals surface area contributed by atoms with Crippen molar-refractivity contribution in [2.45, 2.75) is 63.3 Å². The van der Waals surface area contributed by atoms with Gasteiger partial charge in [0.1, 0.15) is 10.6 Å². The summed E-state index contributed by atoms with van der Waals surface area (Å²) in [5, 5.41) is 0. The van der Waals surface area contributed by atoms with Gasteiger partial charge in [-0.3, -0.25) is 0 Å². The first kappa shape index (κ1) is 20.1. The van der Waals surface area contributed by atoms with Crippen LogP contribution in [0.4, 0.5) is 0 Å². The van der Waals surface area contributed by atoms with Crippen molar-refractivity contribution in [1.82, 2.24) is 0 Å². The van der Waals surface area contributed by atoms with E-state index in [2.05, 4.69) is 6.92 Å². The second-order valence-corrected chi connectivity index (χ2v) is 6.63. The van der Waals surface area contributed by atoms with Crippen LogP contribution in [0.15, 0.2) is 24.3 Å². The van der Waals surface area contributed by atoms with E-state index in [1.54, 1.807) is 19.1 Å². The minimum atomic E-state index is -0.697. The molecule has 23 heavy (non-hydrogen) atoms. The van der Waals surface area contributed by atoms with Gasteiger partial charge in [-0.15, -0.1) is 0 Å². The van der Waals surface area contributed by atoms with Crippen LogP contribution in [0, 0.1) is 0 Å². The molecule has 5 heteroatoms. The highest BCUT2D eigenvalue weighted by Gasteiger charge is 2.19. The second-order valence-electron chi connectivity index (χ2n) is 5.53. The Hall–Kier alpha value is -0.930. The molecule has 1 unspecified atom stereocenters. The number of unbranched alkanes of at least 4 members (excludes halogenated alkanes) is 5. The Balaban J connectivity index is 2.32. The summed E-state index contributed by atoms with van der Waals surface area (Å²) < 4.78 is 10.9. The highest BCUT2D eigenvalue weighted by atomic mass is 35.5. The molecule has 0 aliphatic rings. The lowest BCUT2D eigenvalue weighted by molar-refractivity contribution is -0.151. The van der Waals surface area contributed by atoms with E-state index in [0.717, 1.165) is 12.8 Å². The van der Waals surface area contributed by atoms with Crippen LogP contribution in [0.2, 0.25) is 0 Å². The zero-order valence-corrected chi connectivity index (χ0v) is 15.4. The molecule has 3 nitrogen and oxygen atoms in total. The Bertz CT molecular complexity index is 463. The molecule has 0 N–H and O–H groups in total. The van der Waals surface area contributed by atoms with E-state index >= 15 is 0 Å². The van der Waals surface area contributed by atoms with Crippen LogP contribution in [0.3, 0.4) is 0 Å². The standard InChI is InChI=1S/C18H26Cl2O3/c1-3-4-5-6-7-10-13-22-18(21)14(2)23-16-12-9-8-11-15(16)17(19)20/h8-9,11-12,14,17H,3-7,10,13H2,1-2H3. The average molecular weight is 361 g/mol. The van der Waals surface area contributed by atoms with E-state index in [0.29, 0.717) is 17.9 Å². The van der Waals surface area contributed by atoms with Crippen molar-refractivity contribution in [2.24, 2.45) is 0 Å². The molecule has 0 heterocycles. The van der Waals surface area contributed by atoms with E-state index in [1.807, 2.05) is 12.1 Å². The number of ether oxygens (including phenoxy) is 2. The third-order valence-corrected chi connectivity index (χ3v) is 4.00. The summed E-state index contributed by atoms with van der Waals surface area (Å²) in [5.74, 6) is 0.139. The van der Waals surface area contributed by atoms with Crippen molar-refractivity contribution < 1.29 is 14.3 Å². The Morgan fingerprint density at radius 2 is 1.74 bits per heavy atom. The summed E-state index contributed by atoms with van der Waals surface area (Å²) in [6.45, 7) is 4.30. The SMILES string of the molecule is CCCCCCCCOC(=O)C(C)Oc1ccccc1C(Cl)Cl. The minimum Gasteiger partial charge on any atom is -0.479 e. The zero-order valence-electron chi connectivity index (χ0n) is 13.9. The summed E-state index contributed by atoms with van der Waals surface area (Å²) in [6.07, 6.45) is 6.23. The molecule has 0 saturated carbocycles. The highest BCUT2D eigenvalue weighted by molar-refractivity contribution is 6.44. The number of alkyl halides is 2. The van der Waals surface area contributed by atoms with Crippen molar-refractivity contribution in [2.75, 3.05) is 6.61 Å². The number of para-hydroxylation sites is 1. The molecule has 0 saturated heterocycles. The van der Waals surface area contributed by atoms with Crippen LogP contribution in [0.25, 0.3) is 0 Å². The number of esters is 1. The van der Waals surface area contributed by atoms with Crippen molar-refractivity contribution >= 4 is 29.2 Å². The van der Waals surface area contributed by atoms with Gasteiger partial charge >= 0.3 is 5.97 Å². The lowest BCUT2D eigenvalue weighted by atomic mass is 10.1. The molecule has 1 atom stereocenters. The van der Waals surface area contributed by atoms with Gasteiger partial charge in [0.25, 0.3) is 0 Å². The second kappa shape index (κ2) is 11.6. The lowest BCUT2D eigenvalue weighted by Gasteiger charge is -2.17. The summed E-state index contributed by atoms with van der Waals surface area (Å²) in [4.78, 5) is 11.3. The number of halogens is 2. The molecule has 0 bridgehead atoms. The number of carbonyl (C=O) groups is 1. The van der Waals surface area contributed by atoms with E-state index in [9.17, 15) is 4.79 Å². The van der Waals surface area contributed by atoms with Gasteiger partial charge in [0, 0.05) is 5.56 Å². The molecule has 0 spiro atoms. The molecule has 1 rings (SSSR count). The van der Waals surface area contributed by atoms with Gasteiger partial charge in [0.15, 0.2) is 6.10 Å². The summed E-state index contributed by atoms with van der Waals surface area (Å²) in [6, 6.07) is 7.14. The molecule has 1 aromatic carbocycles. The number of benzene rings is 1. The first-order valence-electron chi connectivity index (χ1n) is 8.26. The molecule has 130 valence electrons. The Morgan fingerprint density at radius 3 is 2.43 bits per heavy atom. The van der Waals surface area contributed by atoms with Crippen LogP contribution >= 0.6 is 23.2 Å². The molecular formula is C18H26Cl2O3. The fourth-order valence-electron chi connectivity index (χ4n) is 2.18. The van der Waals surface area contributed by atoms with E-state index in [1.165, 1.54) is 25.7 Å². The van der Waals surface area contributed by atoms with Crippen molar-refractivity contribution in [3.63, 3.8) is 0 Å². The topological polar surface area (TPSA) is 35.5 Å². The van der Waals surface area contributed by atoms with Crippen LogP contribution in [0.5, 0.6) is 5.75 Å². The highest BCUT2D eigenvalue weighted by Crippen LogP contribution is 2.32. The number of carbonyl (C=O) groups excluding carboxylic acids is 1. The van der Waals surface area contributed by atoms with Gasteiger partial charge in [-0.25, -0.2) is 4.79 Å². The fraction of sp³-hybridized carbons (Fsp3) is 0.611. The third-order valence-electron chi connectivity index (χ3n) is 3.53. The predicted octanol–water partition coefficient (Wildman–Crippen LogP) is 5.83. The molecule has 0 radical (unpaired) electrons. The van der Waals surface area contributed by atoms with Gasteiger partial charge in [-0.1, -0.05) is 80.4 Å². The van der Waals surface area contributed by atoms with E-state index in [4.69, 9.17) is 32.7 Å². The van der Waals surface area contributed by atoms with E-state index < -0.39 is 10.9 Å². The quantitative estimate of drug-likeness (QED) is 0.282. The summed E-state index contributed by atoms with van der Waals surface area (Å²) >= 11 is 11.8. The van der Waals surface area contributed by atoms with Gasteiger partial charge in [0.2, 0.25) is 0 Å². The maximum absolute atomic E-state index is 12.0. The third kappa shape index (κ3) is 7.94. The summed E-state index contributed by atoms with van der Waals surface area (Å²) in [7, 11) is 0. The molecule has 0 aliphatic heterocycles. The predicted molar refractivity (Wildman–Crippen MR) is 95.3 cm³/mol. The van der Waals surface area contributed by atoms with Crippen molar-refractivity contribution in [1.29, 1.82) is 0 Å². The Morgan fingerprint density at radius 1 is 1.09 bits per heavy atom. The molecule has 0 aliphatic carbocycles. The summed E-state index contributed by atoms with van der Waals surface area (Å²) in [5.41, 5.74) is 0.645. The number of hydrogen-bond donors (Lipinski definition) is 0.